The molecule has 0 aliphatic heterocycles. The molecule has 95 valence electrons. The average Bonchev–Trinajstić information content (AvgIpc) is 1.12. The van der Waals surface area contributed by atoms with E-state index in [9.17, 15) is 0 Å². The van der Waals surface area contributed by atoms with E-state index in [4.69, 9.17) is 35.0 Å². The van der Waals surface area contributed by atoms with Crippen LogP contribution >= 0.6 is 0 Å². The van der Waals surface area contributed by atoms with Crippen LogP contribution in [0.3, 0.4) is 0 Å². The van der Waals surface area contributed by atoms with E-state index in [0.29, 0.717) is 0 Å². The quantitative estimate of drug-likeness (QED) is 0.174. The van der Waals surface area contributed by atoms with Gasteiger partial charge in [-0.2, -0.15) is 0 Å². The monoisotopic (exact) mass is 496 g/mol. The molecule has 0 aromatic carbocycles. The summed E-state index contributed by atoms with van der Waals surface area (Å²) in [4.78, 5) is 0. The third-order valence-electron chi connectivity index (χ3n) is 0. The maximum atomic E-state index is 8.52. The van der Waals surface area contributed by atoms with Gasteiger partial charge in [0.25, 0.3) is 0 Å². The van der Waals surface area contributed by atoms with Gasteiger partial charge in [0, 0.05) is 39.2 Å². The summed E-state index contributed by atoms with van der Waals surface area (Å²) < 4.78 is 68.2. The summed E-state index contributed by atoms with van der Waals surface area (Å²) in [5.41, 5.74) is 0. The van der Waals surface area contributed by atoms with Crippen molar-refractivity contribution in [2.24, 2.45) is 0 Å². The molecular formula is Cl2N3O8S2Zn3. The predicted molar refractivity (Wildman–Crippen MR) is 27.4 cm³/mol. The summed E-state index contributed by atoms with van der Waals surface area (Å²) in [6.45, 7) is 0. The molecular weight excluding hydrogens is 501 g/mol. The molecule has 0 aliphatic carbocycles. The second kappa shape index (κ2) is 31.5. The van der Waals surface area contributed by atoms with Gasteiger partial charge in [0.05, 0.1) is 0 Å². The zero-order valence-corrected chi connectivity index (χ0v) is 20.3. The number of nitrogens with zero attached hydrogens (tertiary/aromatic N) is 3. The Labute approximate surface area is 156 Å². The van der Waals surface area contributed by atoms with Crippen LogP contribution in [-0.2, 0) is 79.2 Å². The van der Waals surface area contributed by atoms with E-state index < -0.39 is 20.8 Å². The second-order valence-corrected chi connectivity index (χ2v) is 2.45. The van der Waals surface area contributed by atoms with Crippen LogP contribution in [0.2, 0.25) is 0 Å². The first-order valence-corrected chi connectivity index (χ1v) is 4.00. The SMILES string of the molecule is O=S(=O)([O-])[O-].O=S(=O)([O-])[O-].[Cl-].[Cl-].[N].[N].[N].[Zn+2].[Zn+2].[Zn+2]. The van der Waals surface area contributed by atoms with E-state index in [0.717, 1.165) is 0 Å². The van der Waals surface area contributed by atoms with Crippen molar-refractivity contribution in [3.05, 3.63) is 0 Å². The van der Waals surface area contributed by atoms with Crippen LogP contribution in [0.15, 0.2) is 0 Å². The van der Waals surface area contributed by atoms with E-state index in [2.05, 4.69) is 0 Å². The molecule has 0 N–H and O–H groups in total. The zero-order chi connectivity index (χ0) is 9.00. The molecule has 0 aromatic heterocycles. The molecule has 0 unspecified atom stereocenters. The van der Waals surface area contributed by atoms with Crippen molar-refractivity contribution in [2.45, 2.75) is 0 Å². The Morgan fingerprint density at radius 3 is 0.500 bits per heavy atom. The molecule has 0 aromatic rings. The molecule has 11 nitrogen and oxygen atoms in total. The second-order valence-electron chi connectivity index (χ2n) is 0.816. The fourth-order valence-corrected chi connectivity index (χ4v) is 0. The van der Waals surface area contributed by atoms with Gasteiger partial charge in [0.2, 0.25) is 0 Å². The van der Waals surface area contributed by atoms with Crippen LogP contribution in [0.1, 0.15) is 0 Å². The van der Waals surface area contributed by atoms with Crippen molar-refractivity contribution in [3.8, 4) is 0 Å². The standard InChI is InChI=1S/2ClH.3N.2H2O4S.3Zn/c;;;;;2*1-5(2,3)4;;;/h2*1H;;;;2*(H2,1,2,3,4);;;/q;;;;;;;3*+2/p-6. The van der Waals surface area contributed by atoms with Crippen molar-refractivity contribution in [1.29, 1.82) is 0 Å². The van der Waals surface area contributed by atoms with Gasteiger partial charge in [-0.15, -0.1) is 0 Å². The molecule has 9 radical (unpaired) electrons. The van der Waals surface area contributed by atoms with Crippen LogP contribution < -0.4 is 43.3 Å². The molecule has 0 fully saturated rings. The Morgan fingerprint density at radius 1 is 0.500 bits per heavy atom. The molecule has 18 heteroatoms. The van der Waals surface area contributed by atoms with Gasteiger partial charge in [0.1, 0.15) is 0 Å². The van der Waals surface area contributed by atoms with Crippen LogP contribution in [0.4, 0.5) is 0 Å². The minimum atomic E-state index is -5.17. The maximum absolute atomic E-state index is 8.52. The zero-order valence-electron chi connectivity index (χ0n) is 8.30. The van der Waals surface area contributed by atoms with Gasteiger partial charge < -0.3 is 43.0 Å². The van der Waals surface area contributed by atoms with Gasteiger partial charge >= 0.3 is 58.4 Å². The molecule has 0 bridgehead atoms. The van der Waals surface area contributed by atoms with Crippen LogP contribution in [0.25, 0.3) is 0 Å². The molecule has 0 saturated carbocycles. The smallest absolute Gasteiger partial charge is 1.00 e. The summed E-state index contributed by atoms with van der Waals surface area (Å²) in [5.74, 6) is 0. The first-order chi connectivity index (χ1) is 4.00. The van der Waals surface area contributed by atoms with E-state index in [-0.39, 0.29) is 102 Å². The third-order valence-corrected chi connectivity index (χ3v) is 0. The van der Waals surface area contributed by atoms with E-state index in [1.54, 1.807) is 0 Å². The van der Waals surface area contributed by atoms with Crippen LogP contribution in [-0.4, -0.2) is 35.0 Å². The van der Waals surface area contributed by atoms with E-state index in [1.807, 2.05) is 0 Å². The molecule has 0 amide bonds. The van der Waals surface area contributed by atoms with Crippen LogP contribution in [0, 0.1) is 0 Å². The Balaban J connectivity index is -0.00000000615. The van der Waals surface area contributed by atoms with Gasteiger partial charge in [-0.1, -0.05) is 0 Å². The molecule has 0 saturated heterocycles. The third kappa shape index (κ3) is 1230. The fourth-order valence-electron chi connectivity index (χ4n) is 0. The van der Waals surface area contributed by atoms with Gasteiger partial charge in [0.15, 0.2) is 0 Å². The van der Waals surface area contributed by atoms with Crippen molar-refractivity contribution in [2.75, 3.05) is 0 Å². The normalized spacial score (nSPS) is 6.44. The largest absolute Gasteiger partial charge is 2.00 e. The molecule has 18 heavy (non-hydrogen) atoms. The number of hydrogen-bond donors (Lipinski definition) is 0. The fraction of sp³-hybridized carbons (Fsp3) is 0. The number of hydrogen-bond acceptors (Lipinski definition) is 8. The average molecular weight is 501 g/mol. The maximum Gasteiger partial charge on any atom is 2.00 e. The van der Waals surface area contributed by atoms with Crippen molar-refractivity contribution in [1.82, 2.24) is 18.5 Å². The topological polar surface area (TPSA) is 252 Å². The minimum absolute atomic E-state index is 0. The molecule has 0 heterocycles. The molecule has 0 rings (SSSR count). The van der Waals surface area contributed by atoms with Gasteiger partial charge in [-0.25, -0.2) is 0 Å². The molecule has 0 aliphatic rings. The summed E-state index contributed by atoms with van der Waals surface area (Å²) in [6, 6.07) is 0. The Bertz CT molecular complexity index is 234. The van der Waals surface area contributed by atoms with Gasteiger partial charge in [-0.3, -0.25) is 16.8 Å². The Morgan fingerprint density at radius 2 is 0.500 bits per heavy atom. The van der Waals surface area contributed by atoms with Crippen LogP contribution in [0.5, 0.6) is 0 Å². The first kappa shape index (κ1) is 72.0. The Kier molecular flexibility index (Phi) is 126. The summed E-state index contributed by atoms with van der Waals surface area (Å²) >= 11 is 0. The summed E-state index contributed by atoms with van der Waals surface area (Å²) in [5, 5.41) is 0. The predicted octanol–water partition coefficient (Wildman–Crippen LogP) is -10.1. The van der Waals surface area contributed by atoms with Gasteiger partial charge in [-0.05, 0) is 0 Å². The minimum Gasteiger partial charge on any atom is -1.00 e. The number of rotatable bonds is 0. The van der Waals surface area contributed by atoms with E-state index >= 15 is 0 Å². The van der Waals surface area contributed by atoms with Crippen molar-refractivity contribution >= 4 is 20.8 Å². The Hall–Kier alpha value is 2.07. The van der Waals surface area contributed by atoms with E-state index in [1.165, 1.54) is 0 Å². The van der Waals surface area contributed by atoms with Crippen molar-refractivity contribution < 1.29 is 118 Å². The van der Waals surface area contributed by atoms with Crippen molar-refractivity contribution in [3.63, 3.8) is 0 Å². The summed E-state index contributed by atoms with van der Waals surface area (Å²) in [6.07, 6.45) is 0. The number of halogens is 2. The molecule has 0 atom stereocenters. The summed E-state index contributed by atoms with van der Waals surface area (Å²) in [7, 11) is -10.3. The first-order valence-electron chi connectivity index (χ1n) is 1.33. The molecule has 0 spiro atoms.